The van der Waals surface area contributed by atoms with Crippen molar-refractivity contribution in [2.75, 3.05) is 13.1 Å². The molecule has 1 N–H and O–H groups in total. The van der Waals surface area contributed by atoms with Gasteiger partial charge in [-0.3, -0.25) is 14.7 Å². The Kier molecular flexibility index (Phi) is 3.84. The number of nitrogens with zero attached hydrogens (tertiary/aromatic N) is 3. The fraction of sp³-hybridized carbons (Fsp3) is 0.438. The number of rotatable bonds is 3. The van der Waals surface area contributed by atoms with E-state index in [0.29, 0.717) is 5.92 Å². The fourth-order valence-corrected chi connectivity index (χ4v) is 2.91. The number of hydrogen-bond acceptors (Lipinski definition) is 4. The Balaban J connectivity index is 1.69. The highest BCUT2D eigenvalue weighted by molar-refractivity contribution is 5.11. The number of nitrogens with one attached hydrogen (secondary N) is 1. The number of likely N-dealkylation sites (tertiary alicyclic amines) is 1. The van der Waals surface area contributed by atoms with E-state index < -0.39 is 0 Å². The molecule has 1 aliphatic rings. The van der Waals surface area contributed by atoms with E-state index in [-0.39, 0.29) is 5.56 Å². The summed E-state index contributed by atoms with van der Waals surface area (Å²) >= 11 is 0. The lowest BCUT2D eigenvalue weighted by Gasteiger charge is -2.15. The molecule has 0 amide bonds. The highest BCUT2D eigenvalue weighted by atomic mass is 16.1. The maximum absolute atomic E-state index is 11.6. The zero-order chi connectivity index (χ0) is 14.8. The van der Waals surface area contributed by atoms with E-state index >= 15 is 0 Å². The molecular formula is C16H20N4O. The molecule has 21 heavy (non-hydrogen) atoms. The molecule has 0 saturated carbocycles. The van der Waals surface area contributed by atoms with Gasteiger partial charge in [0, 0.05) is 36.5 Å². The summed E-state index contributed by atoms with van der Waals surface area (Å²) in [5, 5.41) is 0. The molecule has 5 heteroatoms. The van der Waals surface area contributed by atoms with Crippen LogP contribution in [0.2, 0.25) is 0 Å². The largest absolute Gasteiger partial charge is 0.310 e. The third kappa shape index (κ3) is 3.36. The Morgan fingerprint density at radius 1 is 1.29 bits per heavy atom. The minimum atomic E-state index is -0.0590. The van der Waals surface area contributed by atoms with Crippen LogP contribution in [0, 0.1) is 13.8 Å². The molecule has 1 fully saturated rings. The predicted molar refractivity (Wildman–Crippen MR) is 81.2 cm³/mol. The summed E-state index contributed by atoms with van der Waals surface area (Å²) < 4.78 is 0. The van der Waals surface area contributed by atoms with Gasteiger partial charge in [-0.2, -0.15) is 0 Å². The minimum absolute atomic E-state index is 0.0590. The first-order valence-electron chi connectivity index (χ1n) is 7.33. The van der Waals surface area contributed by atoms with Crippen molar-refractivity contribution < 1.29 is 0 Å². The van der Waals surface area contributed by atoms with Crippen LogP contribution in [-0.2, 0) is 6.54 Å². The molecule has 0 spiro atoms. The highest BCUT2D eigenvalue weighted by Gasteiger charge is 2.26. The van der Waals surface area contributed by atoms with Crippen LogP contribution in [-0.4, -0.2) is 32.9 Å². The molecule has 3 rings (SSSR count). The molecule has 110 valence electrons. The number of H-pyrrole nitrogens is 1. The van der Waals surface area contributed by atoms with Crippen molar-refractivity contribution in [2.24, 2.45) is 0 Å². The van der Waals surface area contributed by atoms with Gasteiger partial charge < -0.3 is 4.98 Å². The molecule has 1 unspecified atom stereocenters. The lowest BCUT2D eigenvalue weighted by atomic mass is 10.1. The highest BCUT2D eigenvalue weighted by Crippen LogP contribution is 2.25. The van der Waals surface area contributed by atoms with Crippen molar-refractivity contribution in [3.8, 4) is 0 Å². The van der Waals surface area contributed by atoms with Crippen molar-refractivity contribution >= 4 is 0 Å². The first-order valence-corrected chi connectivity index (χ1v) is 7.33. The monoisotopic (exact) mass is 284 g/mol. The van der Waals surface area contributed by atoms with Gasteiger partial charge in [0.05, 0.1) is 5.69 Å². The van der Waals surface area contributed by atoms with E-state index in [4.69, 9.17) is 0 Å². The molecule has 1 saturated heterocycles. The average molecular weight is 284 g/mol. The van der Waals surface area contributed by atoms with E-state index in [1.807, 2.05) is 26.0 Å². The van der Waals surface area contributed by atoms with Crippen LogP contribution in [0.5, 0.6) is 0 Å². The van der Waals surface area contributed by atoms with Crippen LogP contribution < -0.4 is 5.56 Å². The Bertz CT molecular complexity index is 695. The first kappa shape index (κ1) is 13.9. The fourth-order valence-electron chi connectivity index (χ4n) is 2.91. The normalized spacial score (nSPS) is 19.0. The predicted octanol–water partition coefficient (Wildman–Crippen LogP) is 1.77. The molecule has 1 aliphatic heterocycles. The van der Waals surface area contributed by atoms with Gasteiger partial charge in [0.25, 0.3) is 5.56 Å². The summed E-state index contributed by atoms with van der Waals surface area (Å²) in [7, 11) is 0. The zero-order valence-electron chi connectivity index (χ0n) is 12.5. The summed E-state index contributed by atoms with van der Waals surface area (Å²) in [5.74, 6) is 1.13. The standard InChI is InChI=1S/C16H20N4O/c1-11-4-3-5-14(17-11)10-20-7-6-13(9-20)16-18-12(2)8-15(21)19-16/h3-5,8,13H,6-7,9-10H2,1-2H3,(H,18,19,21). The van der Waals surface area contributed by atoms with Crippen molar-refractivity contribution in [1.29, 1.82) is 0 Å². The quantitative estimate of drug-likeness (QED) is 0.933. The summed E-state index contributed by atoms with van der Waals surface area (Å²) in [6.45, 7) is 6.66. The van der Waals surface area contributed by atoms with Gasteiger partial charge in [-0.25, -0.2) is 4.98 Å². The molecule has 0 radical (unpaired) electrons. The van der Waals surface area contributed by atoms with Crippen LogP contribution in [0.15, 0.2) is 29.1 Å². The van der Waals surface area contributed by atoms with Gasteiger partial charge in [-0.15, -0.1) is 0 Å². The molecular weight excluding hydrogens is 264 g/mol. The summed E-state index contributed by atoms with van der Waals surface area (Å²) in [6, 6.07) is 7.66. The second-order valence-electron chi connectivity index (χ2n) is 5.76. The first-order chi connectivity index (χ1) is 10.1. The maximum Gasteiger partial charge on any atom is 0.251 e. The van der Waals surface area contributed by atoms with Crippen LogP contribution in [0.3, 0.4) is 0 Å². The van der Waals surface area contributed by atoms with E-state index in [9.17, 15) is 4.79 Å². The van der Waals surface area contributed by atoms with E-state index in [0.717, 1.165) is 49.0 Å². The molecule has 2 aromatic rings. The average Bonchev–Trinajstić information content (AvgIpc) is 2.86. The third-order valence-corrected chi connectivity index (χ3v) is 3.88. The number of pyridine rings is 1. The van der Waals surface area contributed by atoms with Gasteiger partial charge in [-0.1, -0.05) is 6.07 Å². The van der Waals surface area contributed by atoms with Crippen molar-refractivity contribution in [1.82, 2.24) is 19.9 Å². The van der Waals surface area contributed by atoms with Crippen LogP contribution in [0.1, 0.15) is 35.2 Å². The lowest BCUT2D eigenvalue weighted by Crippen LogP contribution is -2.22. The minimum Gasteiger partial charge on any atom is -0.310 e. The van der Waals surface area contributed by atoms with Gasteiger partial charge in [-0.05, 0) is 38.9 Å². The van der Waals surface area contributed by atoms with Crippen LogP contribution >= 0.6 is 0 Å². The second kappa shape index (κ2) is 5.77. The number of hydrogen-bond donors (Lipinski definition) is 1. The summed E-state index contributed by atoms with van der Waals surface area (Å²) in [6.07, 6.45) is 1.03. The Labute approximate surface area is 124 Å². The zero-order valence-corrected chi connectivity index (χ0v) is 12.5. The Hall–Kier alpha value is -2.01. The van der Waals surface area contributed by atoms with Gasteiger partial charge in [0.1, 0.15) is 5.82 Å². The van der Waals surface area contributed by atoms with Crippen molar-refractivity contribution in [3.05, 3.63) is 57.5 Å². The third-order valence-electron chi connectivity index (χ3n) is 3.88. The molecule has 0 aliphatic carbocycles. The Morgan fingerprint density at radius 2 is 2.14 bits per heavy atom. The van der Waals surface area contributed by atoms with Crippen LogP contribution in [0.4, 0.5) is 0 Å². The molecule has 1 atom stereocenters. The SMILES string of the molecule is Cc1cccc(CN2CCC(c3nc(C)cc(=O)[nH]3)C2)n1. The molecule has 2 aromatic heterocycles. The Morgan fingerprint density at radius 3 is 2.90 bits per heavy atom. The summed E-state index contributed by atoms with van der Waals surface area (Å²) in [4.78, 5) is 25.8. The smallest absolute Gasteiger partial charge is 0.251 e. The summed E-state index contributed by atoms with van der Waals surface area (Å²) in [5.41, 5.74) is 2.87. The molecule has 5 nitrogen and oxygen atoms in total. The molecule has 0 aromatic carbocycles. The topological polar surface area (TPSA) is 61.9 Å². The number of aromatic nitrogens is 3. The maximum atomic E-state index is 11.6. The van der Waals surface area contributed by atoms with E-state index in [1.165, 1.54) is 6.07 Å². The van der Waals surface area contributed by atoms with E-state index in [1.54, 1.807) is 0 Å². The van der Waals surface area contributed by atoms with Crippen molar-refractivity contribution in [2.45, 2.75) is 32.7 Å². The molecule has 3 heterocycles. The van der Waals surface area contributed by atoms with E-state index in [2.05, 4.69) is 25.9 Å². The number of aromatic amines is 1. The lowest BCUT2D eigenvalue weighted by molar-refractivity contribution is 0.321. The van der Waals surface area contributed by atoms with Gasteiger partial charge >= 0.3 is 0 Å². The molecule has 0 bridgehead atoms. The van der Waals surface area contributed by atoms with Gasteiger partial charge in [0.15, 0.2) is 0 Å². The van der Waals surface area contributed by atoms with Crippen molar-refractivity contribution in [3.63, 3.8) is 0 Å². The number of aryl methyl sites for hydroxylation is 2. The van der Waals surface area contributed by atoms with Gasteiger partial charge in [0.2, 0.25) is 0 Å². The second-order valence-corrected chi connectivity index (χ2v) is 5.76. The van der Waals surface area contributed by atoms with Crippen LogP contribution in [0.25, 0.3) is 0 Å².